The minimum Gasteiger partial charge on any atom is -1.00 e. The first-order chi connectivity index (χ1) is 6.49. The molecule has 0 fully saturated rings. The first kappa shape index (κ1) is 15.0. The van der Waals surface area contributed by atoms with E-state index in [0.717, 1.165) is 16.8 Å². The fourth-order valence-electron chi connectivity index (χ4n) is 0.878. The van der Waals surface area contributed by atoms with E-state index in [9.17, 15) is 4.79 Å². The van der Waals surface area contributed by atoms with E-state index in [2.05, 4.69) is 21.1 Å². The summed E-state index contributed by atoms with van der Waals surface area (Å²) in [7, 11) is 6.33. The molecule has 0 atom stereocenters. The fourth-order valence-corrected chi connectivity index (χ4v) is 1.96. The van der Waals surface area contributed by atoms with Gasteiger partial charge in [-0.25, -0.2) is 0 Å². The third kappa shape index (κ3) is 6.21. The van der Waals surface area contributed by atoms with Crippen molar-refractivity contribution < 1.29 is 37.7 Å². The summed E-state index contributed by atoms with van der Waals surface area (Å²) in [5, 5.41) is 0.0171. The summed E-state index contributed by atoms with van der Waals surface area (Å²) >= 11 is 1.31. The number of nitrogens with zero attached hydrogens (tertiary/aromatic N) is 1. The van der Waals surface area contributed by atoms with Crippen molar-refractivity contribution in [1.82, 2.24) is 0 Å². The summed E-state index contributed by atoms with van der Waals surface area (Å²) in [6.07, 6.45) is 1.52. The van der Waals surface area contributed by atoms with Crippen LogP contribution in [0.15, 0.2) is 22.8 Å². The summed E-state index contributed by atoms with van der Waals surface area (Å²) in [6.45, 7) is 0.969. The van der Waals surface area contributed by atoms with E-state index in [1.807, 2.05) is 0 Å². The highest BCUT2D eigenvalue weighted by molar-refractivity contribution is 8.14. The quantitative estimate of drug-likeness (QED) is 0.513. The molecule has 1 aromatic heterocycles. The largest absolute Gasteiger partial charge is 1.00 e. The first-order valence-corrected chi connectivity index (χ1v) is 5.49. The van der Waals surface area contributed by atoms with Crippen molar-refractivity contribution in [3.63, 3.8) is 0 Å². The van der Waals surface area contributed by atoms with Gasteiger partial charge in [0.25, 0.3) is 5.12 Å². The summed E-state index contributed by atoms with van der Waals surface area (Å²) < 4.78 is 5.88. The highest BCUT2D eigenvalue weighted by atomic mass is 127. The molecule has 1 aromatic rings. The zero-order valence-electron chi connectivity index (χ0n) is 9.20. The van der Waals surface area contributed by atoms with Crippen LogP contribution in [0.3, 0.4) is 0 Å². The van der Waals surface area contributed by atoms with Crippen LogP contribution < -0.4 is 24.0 Å². The van der Waals surface area contributed by atoms with Gasteiger partial charge < -0.3 is 32.9 Å². The van der Waals surface area contributed by atoms with Gasteiger partial charge in [-0.2, -0.15) is 0 Å². The number of halogens is 1. The van der Waals surface area contributed by atoms with E-state index in [0.29, 0.717) is 5.76 Å². The van der Waals surface area contributed by atoms with E-state index < -0.39 is 0 Å². The molecule has 0 aliphatic rings. The summed E-state index contributed by atoms with van der Waals surface area (Å²) in [5.74, 6) is 1.26. The Morgan fingerprint density at radius 1 is 1.47 bits per heavy atom. The second-order valence-corrected chi connectivity index (χ2v) is 5.19. The van der Waals surface area contributed by atoms with Gasteiger partial charge in [0.1, 0.15) is 0 Å². The molecule has 1 rings (SSSR count). The van der Waals surface area contributed by atoms with Crippen LogP contribution >= 0.6 is 11.8 Å². The molecule has 0 bridgehead atoms. The molecule has 3 nitrogen and oxygen atoms in total. The van der Waals surface area contributed by atoms with Crippen molar-refractivity contribution in [2.45, 2.75) is 0 Å². The van der Waals surface area contributed by atoms with E-state index in [4.69, 9.17) is 4.42 Å². The van der Waals surface area contributed by atoms with Crippen LogP contribution in [0.2, 0.25) is 0 Å². The second kappa shape index (κ2) is 6.55. The van der Waals surface area contributed by atoms with Gasteiger partial charge in [0.15, 0.2) is 5.76 Å². The molecule has 5 heteroatoms. The van der Waals surface area contributed by atoms with Crippen molar-refractivity contribution in [3.8, 4) is 0 Å². The van der Waals surface area contributed by atoms with Gasteiger partial charge in [-0.1, -0.05) is 11.8 Å². The maximum atomic E-state index is 11.5. The predicted molar refractivity (Wildman–Crippen MR) is 58.4 cm³/mol. The molecular formula is C10H16INO2S. The monoisotopic (exact) mass is 341 g/mol. The van der Waals surface area contributed by atoms with Gasteiger partial charge in [-0.3, -0.25) is 4.79 Å². The van der Waals surface area contributed by atoms with Crippen LogP contribution in [-0.2, 0) is 0 Å². The lowest BCUT2D eigenvalue weighted by Crippen LogP contribution is -3.00. The minimum absolute atomic E-state index is 0. The molecule has 86 valence electrons. The predicted octanol–water partition coefficient (Wildman–Crippen LogP) is -1.14. The number of carbonyl (C=O) groups excluding carboxylic acids is 1. The number of hydrogen-bond donors (Lipinski definition) is 0. The van der Waals surface area contributed by atoms with Crippen LogP contribution in [0, 0.1) is 0 Å². The molecule has 0 unspecified atom stereocenters. The van der Waals surface area contributed by atoms with Crippen molar-refractivity contribution in [2.75, 3.05) is 33.4 Å². The molecule has 1 heterocycles. The highest BCUT2D eigenvalue weighted by Crippen LogP contribution is 2.13. The minimum atomic E-state index is 0. The molecule has 0 amide bonds. The van der Waals surface area contributed by atoms with Crippen LogP contribution in [0.5, 0.6) is 0 Å². The zero-order chi connectivity index (χ0) is 10.6. The Labute approximate surface area is 112 Å². The van der Waals surface area contributed by atoms with Crippen molar-refractivity contribution in [1.29, 1.82) is 0 Å². The molecule has 0 aliphatic carbocycles. The van der Waals surface area contributed by atoms with Gasteiger partial charge in [0.2, 0.25) is 0 Å². The van der Waals surface area contributed by atoms with Gasteiger partial charge in [-0.15, -0.1) is 0 Å². The standard InChI is InChI=1S/C10H16NO2S.HI/c1-11(2,3)6-8-14-10(12)9-5-4-7-13-9;/h4-5,7H,6,8H2,1-3H3;1H/q+1;/p-1. The van der Waals surface area contributed by atoms with Crippen LogP contribution in [0.1, 0.15) is 10.6 Å². The number of carbonyl (C=O) groups is 1. The average Bonchev–Trinajstić information content (AvgIpc) is 2.53. The van der Waals surface area contributed by atoms with Crippen LogP contribution in [-0.4, -0.2) is 43.0 Å². The lowest BCUT2D eigenvalue weighted by Gasteiger charge is -2.23. The normalized spacial score (nSPS) is 10.9. The van der Waals surface area contributed by atoms with Crippen LogP contribution in [0.25, 0.3) is 0 Å². The lowest BCUT2D eigenvalue weighted by molar-refractivity contribution is -0.867. The Bertz CT molecular complexity index is 293. The second-order valence-electron chi connectivity index (χ2n) is 4.13. The van der Waals surface area contributed by atoms with Crippen molar-refractivity contribution in [2.24, 2.45) is 0 Å². The number of furan rings is 1. The topological polar surface area (TPSA) is 30.2 Å². The maximum absolute atomic E-state index is 11.5. The van der Waals surface area contributed by atoms with Gasteiger partial charge >= 0.3 is 0 Å². The lowest BCUT2D eigenvalue weighted by atomic mass is 10.5. The van der Waals surface area contributed by atoms with Gasteiger partial charge in [-0.05, 0) is 12.1 Å². The maximum Gasteiger partial charge on any atom is 0.254 e. The Hall–Kier alpha value is -0.0100. The van der Waals surface area contributed by atoms with Crippen molar-refractivity contribution in [3.05, 3.63) is 24.2 Å². The Kier molecular flexibility index (Phi) is 6.54. The highest BCUT2D eigenvalue weighted by Gasteiger charge is 2.12. The van der Waals surface area contributed by atoms with E-state index in [-0.39, 0.29) is 29.1 Å². The Morgan fingerprint density at radius 2 is 2.13 bits per heavy atom. The van der Waals surface area contributed by atoms with E-state index >= 15 is 0 Å². The third-order valence-corrected chi connectivity index (χ3v) is 2.57. The van der Waals surface area contributed by atoms with Gasteiger partial charge in [0.05, 0.1) is 39.7 Å². The third-order valence-electron chi connectivity index (χ3n) is 1.72. The zero-order valence-corrected chi connectivity index (χ0v) is 12.2. The molecule has 0 saturated carbocycles. The summed E-state index contributed by atoms with van der Waals surface area (Å²) in [4.78, 5) is 11.5. The number of rotatable bonds is 4. The molecule has 0 aliphatic heterocycles. The average molecular weight is 341 g/mol. The molecule has 15 heavy (non-hydrogen) atoms. The number of quaternary nitrogens is 1. The molecule has 0 spiro atoms. The Balaban J connectivity index is 0.00000196. The number of thioether (sulfide) groups is 1. The summed E-state index contributed by atoms with van der Waals surface area (Å²) in [5.41, 5.74) is 0. The van der Waals surface area contributed by atoms with Crippen LogP contribution in [0.4, 0.5) is 0 Å². The first-order valence-electron chi connectivity index (χ1n) is 4.50. The smallest absolute Gasteiger partial charge is 0.254 e. The van der Waals surface area contributed by atoms with E-state index in [1.54, 1.807) is 12.1 Å². The molecule has 0 radical (unpaired) electrons. The molecule has 0 N–H and O–H groups in total. The SMILES string of the molecule is C[N+](C)(C)CCSC(=O)c1ccco1.[I-]. The summed E-state index contributed by atoms with van der Waals surface area (Å²) in [6, 6.07) is 3.43. The molecule has 0 aromatic carbocycles. The number of hydrogen-bond acceptors (Lipinski definition) is 3. The molecular weight excluding hydrogens is 325 g/mol. The molecule has 0 saturated heterocycles. The van der Waals surface area contributed by atoms with Crippen molar-refractivity contribution >= 4 is 16.9 Å². The Morgan fingerprint density at radius 3 is 2.60 bits per heavy atom. The fraction of sp³-hybridized carbons (Fsp3) is 0.500. The van der Waals surface area contributed by atoms with E-state index in [1.165, 1.54) is 18.0 Å². The van der Waals surface area contributed by atoms with Gasteiger partial charge in [0, 0.05) is 0 Å².